The van der Waals surface area contributed by atoms with Gasteiger partial charge in [0.2, 0.25) is 0 Å². The predicted molar refractivity (Wildman–Crippen MR) is 98.9 cm³/mol. The summed E-state index contributed by atoms with van der Waals surface area (Å²) in [5.41, 5.74) is 0.405. The third-order valence-electron chi connectivity index (χ3n) is 6.93. The molecule has 1 N–H and O–H groups in total. The molecular weight excluding hydrogens is 296 g/mol. The molecule has 0 radical (unpaired) electrons. The van der Waals surface area contributed by atoms with Crippen molar-refractivity contribution in [2.24, 2.45) is 11.8 Å². The topological polar surface area (TPSA) is 29.5 Å². The van der Waals surface area contributed by atoms with Gasteiger partial charge >= 0.3 is 0 Å². The first-order valence-electron chi connectivity index (χ1n) is 9.95. The van der Waals surface area contributed by atoms with Gasteiger partial charge in [0, 0.05) is 7.11 Å². The van der Waals surface area contributed by atoms with Gasteiger partial charge in [-0.3, -0.25) is 0 Å². The van der Waals surface area contributed by atoms with Crippen LogP contribution in [0.4, 0.5) is 0 Å². The summed E-state index contributed by atoms with van der Waals surface area (Å²) < 4.78 is 6.13. The third-order valence-corrected chi connectivity index (χ3v) is 6.93. The molecule has 0 spiro atoms. The molecule has 24 heavy (non-hydrogen) atoms. The Labute approximate surface area is 147 Å². The fraction of sp³-hybridized carbons (Fsp3) is 0.727. The average molecular weight is 331 g/mol. The highest BCUT2D eigenvalue weighted by atomic mass is 16.5. The minimum Gasteiger partial charge on any atom is -0.385 e. The van der Waals surface area contributed by atoms with E-state index in [2.05, 4.69) is 19.1 Å². The summed E-state index contributed by atoms with van der Waals surface area (Å²) in [6.45, 7) is 2.30. The minimum atomic E-state index is -0.664. The van der Waals surface area contributed by atoms with E-state index in [1.54, 1.807) is 0 Å². The molecule has 2 saturated carbocycles. The second-order valence-corrected chi connectivity index (χ2v) is 8.17. The number of ether oxygens (including phenoxy) is 1. The molecule has 2 nitrogen and oxygen atoms in total. The Morgan fingerprint density at radius 3 is 2.17 bits per heavy atom. The van der Waals surface area contributed by atoms with Crippen LogP contribution in [-0.4, -0.2) is 17.8 Å². The van der Waals surface area contributed by atoms with Gasteiger partial charge in [-0.15, -0.1) is 0 Å². The molecule has 0 unspecified atom stereocenters. The Morgan fingerprint density at radius 2 is 1.62 bits per heavy atom. The van der Waals surface area contributed by atoms with E-state index in [1.807, 2.05) is 25.3 Å². The summed E-state index contributed by atoms with van der Waals surface area (Å²) in [6, 6.07) is 10.2. The zero-order valence-corrected chi connectivity index (χ0v) is 15.5. The number of aliphatic hydroxyl groups is 1. The lowest BCUT2D eigenvalue weighted by Crippen LogP contribution is -2.48. The van der Waals surface area contributed by atoms with E-state index in [1.165, 1.54) is 38.5 Å². The van der Waals surface area contributed by atoms with E-state index in [4.69, 9.17) is 4.74 Å². The van der Waals surface area contributed by atoms with Crippen LogP contribution in [0.5, 0.6) is 0 Å². The first-order valence-corrected chi connectivity index (χ1v) is 9.95. The van der Waals surface area contributed by atoms with Gasteiger partial charge in [0.1, 0.15) is 0 Å². The Hall–Kier alpha value is -0.860. The summed E-state index contributed by atoms with van der Waals surface area (Å²) in [4.78, 5) is 0. The molecule has 2 aliphatic rings. The van der Waals surface area contributed by atoms with Gasteiger partial charge in [0.15, 0.2) is 0 Å². The van der Waals surface area contributed by atoms with Gasteiger partial charge in [0.05, 0.1) is 11.2 Å². The van der Waals surface area contributed by atoms with E-state index in [0.29, 0.717) is 5.92 Å². The second-order valence-electron chi connectivity index (χ2n) is 8.17. The van der Waals surface area contributed by atoms with Crippen molar-refractivity contribution in [3.8, 4) is 0 Å². The lowest BCUT2D eigenvalue weighted by atomic mass is 9.64. The zero-order valence-electron chi connectivity index (χ0n) is 15.5. The molecule has 0 aromatic heterocycles. The monoisotopic (exact) mass is 330 g/mol. The van der Waals surface area contributed by atoms with E-state index in [-0.39, 0.29) is 5.60 Å². The molecule has 1 aromatic rings. The summed E-state index contributed by atoms with van der Waals surface area (Å²) in [6.07, 6.45) is 11.7. The summed E-state index contributed by atoms with van der Waals surface area (Å²) in [5.74, 6) is 1.61. The molecule has 1 aromatic carbocycles. The number of hydrogen-bond acceptors (Lipinski definition) is 2. The second kappa shape index (κ2) is 7.58. The minimum absolute atomic E-state index is 0.00179. The molecule has 0 heterocycles. The van der Waals surface area contributed by atoms with Crippen LogP contribution in [0.2, 0.25) is 0 Å². The molecule has 0 bridgehead atoms. The molecular formula is C22H34O2. The molecule has 2 aliphatic carbocycles. The molecule has 134 valence electrons. The SMILES string of the molecule is CCCC1CCC(C2(OC)CCC(O)(c3ccccc3)CC2)CC1. The summed E-state index contributed by atoms with van der Waals surface area (Å²) in [7, 11) is 1.89. The quantitative estimate of drug-likeness (QED) is 0.779. The van der Waals surface area contributed by atoms with Gasteiger partial charge in [-0.1, -0.05) is 62.9 Å². The fourth-order valence-electron chi connectivity index (χ4n) is 5.29. The Kier molecular flexibility index (Phi) is 5.66. The number of methoxy groups -OCH3 is 1. The highest BCUT2D eigenvalue weighted by Crippen LogP contribution is 2.50. The zero-order chi connectivity index (χ0) is 17.0. The Morgan fingerprint density at radius 1 is 1.00 bits per heavy atom. The van der Waals surface area contributed by atoms with Crippen LogP contribution in [0.25, 0.3) is 0 Å². The molecule has 0 atom stereocenters. The van der Waals surface area contributed by atoms with Crippen LogP contribution in [0, 0.1) is 11.8 Å². The van der Waals surface area contributed by atoms with Crippen molar-refractivity contribution in [3.05, 3.63) is 35.9 Å². The van der Waals surface area contributed by atoms with Crippen LogP contribution < -0.4 is 0 Å². The number of hydrogen-bond donors (Lipinski definition) is 1. The van der Waals surface area contributed by atoms with Crippen molar-refractivity contribution in [2.75, 3.05) is 7.11 Å². The first-order chi connectivity index (χ1) is 11.6. The van der Waals surface area contributed by atoms with E-state index >= 15 is 0 Å². The molecule has 2 heteroatoms. The maximum atomic E-state index is 11.1. The maximum absolute atomic E-state index is 11.1. The summed E-state index contributed by atoms with van der Waals surface area (Å²) in [5, 5.41) is 11.1. The van der Waals surface area contributed by atoms with Crippen LogP contribution in [0.1, 0.15) is 76.7 Å². The van der Waals surface area contributed by atoms with Crippen molar-refractivity contribution < 1.29 is 9.84 Å². The smallest absolute Gasteiger partial charge is 0.0898 e. The maximum Gasteiger partial charge on any atom is 0.0898 e. The van der Waals surface area contributed by atoms with Crippen molar-refractivity contribution in [1.29, 1.82) is 0 Å². The lowest BCUT2D eigenvalue weighted by Gasteiger charge is -2.49. The van der Waals surface area contributed by atoms with Crippen LogP contribution in [0.15, 0.2) is 30.3 Å². The van der Waals surface area contributed by atoms with Gasteiger partial charge in [-0.05, 0) is 55.9 Å². The lowest BCUT2D eigenvalue weighted by molar-refractivity contribution is -0.140. The highest BCUT2D eigenvalue weighted by molar-refractivity contribution is 5.23. The first kappa shape index (κ1) is 17.9. The van der Waals surface area contributed by atoms with Gasteiger partial charge in [-0.25, -0.2) is 0 Å². The summed E-state index contributed by atoms with van der Waals surface area (Å²) >= 11 is 0. The predicted octanol–water partition coefficient (Wildman–Crippen LogP) is 5.44. The van der Waals surface area contributed by atoms with Gasteiger partial charge < -0.3 is 9.84 Å². The largest absolute Gasteiger partial charge is 0.385 e. The van der Waals surface area contributed by atoms with Crippen molar-refractivity contribution in [2.45, 2.75) is 82.3 Å². The van der Waals surface area contributed by atoms with Crippen LogP contribution >= 0.6 is 0 Å². The molecule has 3 rings (SSSR count). The number of benzene rings is 1. The molecule has 2 fully saturated rings. The third kappa shape index (κ3) is 3.55. The fourth-order valence-corrected chi connectivity index (χ4v) is 5.29. The van der Waals surface area contributed by atoms with Gasteiger partial charge in [-0.2, -0.15) is 0 Å². The van der Waals surface area contributed by atoms with E-state index in [9.17, 15) is 5.11 Å². The van der Waals surface area contributed by atoms with Crippen molar-refractivity contribution >= 4 is 0 Å². The van der Waals surface area contributed by atoms with Crippen LogP contribution in [0.3, 0.4) is 0 Å². The Bertz CT molecular complexity index is 494. The standard InChI is InChI=1S/C22H34O2/c1-3-7-18-10-12-20(13-11-18)22(24-2)16-14-21(23,15-17-22)19-8-5-4-6-9-19/h4-6,8-9,18,20,23H,3,7,10-17H2,1-2H3. The highest BCUT2D eigenvalue weighted by Gasteiger charge is 2.47. The van der Waals surface area contributed by atoms with E-state index < -0.39 is 5.60 Å². The Balaban J connectivity index is 1.64. The molecule has 0 amide bonds. The van der Waals surface area contributed by atoms with Crippen LogP contribution in [-0.2, 0) is 10.3 Å². The normalized spacial score (nSPS) is 37.3. The molecule has 0 aliphatic heterocycles. The average Bonchev–Trinajstić information content (AvgIpc) is 2.64. The van der Waals surface area contributed by atoms with Crippen molar-refractivity contribution in [3.63, 3.8) is 0 Å². The van der Waals surface area contributed by atoms with Crippen molar-refractivity contribution in [1.82, 2.24) is 0 Å². The van der Waals surface area contributed by atoms with E-state index in [0.717, 1.165) is 37.2 Å². The number of rotatable bonds is 5. The molecule has 0 saturated heterocycles. The van der Waals surface area contributed by atoms with Gasteiger partial charge in [0.25, 0.3) is 0 Å².